The van der Waals surface area contributed by atoms with Gasteiger partial charge in [0.25, 0.3) is 0 Å². The summed E-state index contributed by atoms with van der Waals surface area (Å²) in [6, 6.07) is 3.39. The third kappa shape index (κ3) is 2.47. The molecule has 0 unspecified atom stereocenters. The van der Waals surface area contributed by atoms with Gasteiger partial charge in [-0.25, -0.2) is 4.39 Å². The number of benzene rings is 1. The zero-order valence-electron chi connectivity index (χ0n) is 7.04. The zero-order chi connectivity index (χ0) is 10.8. The van der Waals surface area contributed by atoms with Crippen LogP contribution in [-0.2, 0) is 12.6 Å². The smallest absolute Gasteiger partial charge is 0.206 e. The molecule has 5 heteroatoms. The first-order chi connectivity index (χ1) is 6.46. The van der Waals surface area contributed by atoms with Crippen molar-refractivity contribution < 1.29 is 17.6 Å². The fraction of sp³-hybridized carbons (Fsp3) is 0.333. The number of hydrogen-bond donors (Lipinski definition) is 0. The standard InChI is InChI=1S/C9H7BrF4/c10-5-4-6-2-1-3-7(11)8(6)9(12,13)14/h1-3H,4-5H2. The van der Waals surface area contributed by atoms with Crippen molar-refractivity contribution in [1.82, 2.24) is 0 Å². The highest BCUT2D eigenvalue weighted by Gasteiger charge is 2.36. The van der Waals surface area contributed by atoms with E-state index >= 15 is 0 Å². The summed E-state index contributed by atoms with van der Waals surface area (Å²) in [6.07, 6.45) is -4.46. The van der Waals surface area contributed by atoms with Gasteiger partial charge in [-0.1, -0.05) is 28.1 Å². The molecule has 0 saturated heterocycles. The lowest BCUT2D eigenvalue weighted by Gasteiger charge is -2.12. The van der Waals surface area contributed by atoms with Crippen LogP contribution in [0.25, 0.3) is 0 Å². The largest absolute Gasteiger partial charge is 0.419 e. The maximum Gasteiger partial charge on any atom is 0.419 e. The maximum atomic E-state index is 12.9. The van der Waals surface area contributed by atoms with E-state index in [1.807, 2.05) is 0 Å². The second kappa shape index (κ2) is 4.29. The number of alkyl halides is 4. The fourth-order valence-electron chi connectivity index (χ4n) is 1.20. The van der Waals surface area contributed by atoms with E-state index in [4.69, 9.17) is 0 Å². The zero-order valence-corrected chi connectivity index (χ0v) is 8.62. The molecule has 78 valence electrons. The Kier molecular flexibility index (Phi) is 3.53. The van der Waals surface area contributed by atoms with E-state index in [2.05, 4.69) is 15.9 Å². The molecule has 0 saturated carbocycles. The van der Waals surface area contributed by atoms with Crippen LogP contribution in [0.1, 0.15) is 11.1 Å². The van der Waals surface area contributed by atoms with E-state index < -0.39 is 17.6 Å². The molecule has 0 aliphatic rings. The lowest BCUT2D eigenvalue weighted by Crippen LogP contribution is -2.12. The van der Waals surface area contributed by atoms with Crippen molar-refractivity contribution in [2.45, 2.75) is 12.6 Å². The Hall–Kier alpha value is -0.580. The number of hydrogen-bond acceptors (Lipinski definition) is 0. The van der Waals surface area contributed by atoms with Gasteiger partial charge in [0.1, 0.15) is 5.82 Å². The van der Waals surface area contributed by atoms with E-state index in [9.17, 15) is 17.6 Å². The van der Waals surface area contributed by atoms with Crippen molar-refractivity contribution >= 4 is 15.9 Å². The molecular formula is C9H7BrF4. The highest BCUT2D eigenvalue weighted by molar-refractivity contribution is 9.09. The number of halogens is 5. The molecule has 0 aliphatic heterocycles. The normalized spacial score (nSPS) is 11.8. The SMILES string of the molecule is Fc1cccc(CCBr)c1C(F)(F)F. The maximum absolute atomic E-state index is 12.9. The lowest BCUT2D eigenvalue weighted by molar-refractivity contribution is -0.140. The van der Waals surface area contributed by atoms with Crippen LogP contribution >= 0.6 is 15.9 Å². The molecule has 0 aromatic heterocycles. The molecule has 0 amide bonds. The summed E-state index contributed by atoms with van der Waals surface area (Å²) in [4.78, 5) is 0. The quantitative estimate of drug-likeness (QED) is 0.567. The molecule has 1 aromatic carbocycles. The van der Waals surface area contributed by atoms with Crippen LogP contribution in [-0.4, -0.2) is 5.33 Å². The summed E-state index contributed by atoms with van der Waals surface area (Å²) in [7, 11) is 0. The third-order valence-electron chi connectivity index (χ3n) is 1.75. The van der Waals surface area contributed by atoms with E-state index in [-0.39, 0.29) is 12.0 Å². The lowest BCUT2D eigenvalue weighted by atomic mass is 10.0. The van der Waals surface area contributed by atoms with Crippen molar-refractivity contribution in [2.24, 2.45) is 0 Å². The van der Waals surface area contributed by atoms with Crippen molar-refractivity contribution in [1.29, 1.82) is 0 Å². The minimum atomic E-state index is -4.62. The Bertz CT molecular complexity index is 319. The Balaban J connectivity index is 3.22. The van der Waals surface area contributed by atoms with Gasteiger partial charge in [-0.2, -0.15) is 13.2 Å². The van der Waals surface area contributed by atoms with Crippen LogP contribution in [0.2, 0.25) is 0 Å². The average Bonchev–Trinajstić information content (AvgIpc) is 2.02. The van der Waals surface area contributed by atoms with Crippen LogP contribution in [0.15, 0.2) is 18.2 Å². The topological polar surface area (TPSA) is 0 Å². The van der Waals surface area contributed by atoms with Crippen molar-refractivity contribution in [3.8, 4) is 0 Å². The van der Waals surface area contributed by atoms with Crippen molar-refractivity contribution in [3.63, 3.8) is 0 Å². The van der Waals surface area contributed by atoms with Crippen molar-refractivity contribution in [3.05, 3.63) is 35.1 Å². The molecule has 0 aliphatic carbocycles. The van der Waals surface area contributed by atoms with Crippen LogP contribution in [0, 0.1) is 5.82 Å². The van der Waals surface area contributed by atoms with Gasteiger partial charge in [0.2, 0.25) is 0 Å². The minimum Gasteiger partial charge on any atom is -0.206 e. The molecule has 0 heterocycles. The van der Waals surface area contributed by atoms with Gasteiger partial charge < -0.3 is 0 Å². The predicted molar refractivity (Wildman–Crippen MR) is 48.9 cm³/mol. The van der Waals surface area contributed by atoms with Gasteiger partial charge in [-0.05, 0) is 18.1 Å². The molecule has 0 N–H and O–H groups in total. The van der Waals surface area contributed by atoms with Crippen LogP contribution in [0.4, 0.5) is 17.6 Å². The Morgan fingerprint density at radius 1 is 1.21 bits per heavy atom. The molecule has 1 rings (SSSR count). The first-order valence-electron chi connectivity index (χ1n) is 3.87. The molecule has 0 spiro atoms. The van der Waals surface area contributed by atoms with Gasteiger partial charge in [0.15, 0.2) is 0 Å². The molecule has 0 atom stereocenters. The highest BCUT2D eigenvalue weighted by Crippen LogP contribution is 2.34. The fourth-order valence-corrected chi connectivity index (χ4v) is 1.62. The number of aryl methyl sites for hydroxylation is 1. The summed E-state index contributed by atoms with van der Waals surface area (Å²) < 4.78 is 50.1. The second-order valence-electron chi connectivity index (χ2n) is 2.71. The summed E-state index contributed by atoms with van der Waals surface area (Å²) >= 11 is 3.02. The molecular weight excluding hydrogens is 264 g/mol. The van der Waals surface area contributed by atoms with Gasteiger partial charge in [-0.3, -0.25) is 0 Å². The van der Waals surface area contributed by atoms with E-state index in [1.54, 1.807) is 0 Å². The molecule has 0 nitrogen and oxygen atoms in total. The summed E-state index contributed by atoms with van der Waals surface area (Å²) in [5.41, 5.74) is -1.17. The van der Waals surface area contributed by atoms with Crippen LogP contribution in [0.5, 0.6) is 0 Å². The van der Waals surface area contributed by atoms with E-state index in [1.165, 1.54) is 12.1 Å². The van der Waals surface area contributed by atoms with E-state index in [0.29, 0.717) is 5.33 Å². The second-order valence-corrected chi connectivity index (χ2v) is 3.50. The van der Waals surface area contributed by atoms with Gasteiger partial charge in [-0.15, -0.1) is 0 Å². The first kappa shape index (κ1) is 11.5. The molecule has 0 bridgehead atoms. The van der Waals surface area contributed by atoms with Gasteiger partial charge in [0.05, 0.1) is 5.56 Å². The van der Waals surface area contributed by atoms with Gasteiger partial charge in [0, 0.05) is 5.33 Å². The predicted octanol–water partition coefficient (Wildman–Crippen LogP) is 3.78. The summed E-state index contributed by atoms with van der Waals surface area (Å²) in [5.74, 6) is -1.21. The molecule has 0 fully saturated rings. The van der Waals surface area contributed by atoms with Gasteiger partial charge >= 0.3 is 6.18 Å². The monoisotopic (exact) mass is 270 g/mol. The van der Waals surface area contributed by atoms with Crippen LogP contribution < -0.4 is 0 Å². The molecule has 14 heavy (non-hydrogen) atoms. The molecule has 0 radical (unpaired) electrons. The Morgan fingerprint density at radius 3 is 2.36 bits per heavy atom. The van der Waals surface area contributed by atoms with E-state index in [0.717, 1.165) is 6.07 Å². The Labute approximate surface area is 87.1 Å². The highest BCUT2D eigenvalue weighted by atomic mass is 79.9. The number of rotatable bonds is 2. The summed E-state index contributed by atoms with van der Waals surface area (Å²) in [5, 5.41) is 0.375. The Morgan fingerprint density at radius 2 is 1.86 bits per heavy atom. The van der Waals surface area contributed by atoms with Crippen molar-refractivity contribution in [2.75, 3.05) is 5.33 Å². The minimum absolute atomic E-state index is 0.0191. The summed E-state index contributed by atoms with van der Waals surface area (Å²) in [6.45, 7) is 0. The van der Waals surface area contributed by atoms with Crippen LogP contribution in [0.3, 0.4) is 0 Å². The average molecular weight is 271 g/mol. The first-order valence-corrected chi connectivity index (χ1v) is 4.99. The molecule has 1 aromatic rings. The third-order valence-corrected chi connectivity index (χ3v) is 2.14.